The Kier molecular flexibility index (Phi) is 5.35. The van der Waals surface area contributed by atoms with Crippen molar-refractivity contribution in [1.82, 2.24) is 14.5 Å². The van der Waals surface area contributed by atoms with Gasteiger partial charge >= 0.3 is 11.7 Å². The van der Waals surface area contributed by atoms with Crippen LogP contribution >= 0.6 is 12.4 Å². The molecule has 110 valence electrons. The molecule has 1 N–H and O–H groups in total. The topological polar surface area (TPSA) is 67.3 Å². The summed E-state index contributed by atoms with van der Waals surface area (Å²) in [4.78, 5) is 28.1. The van der Waals surface area contributed by atoms with Gasteiger partial charge in [0.05, 0.1) is 23.7 Å². The monoisotopic (exact) mass is 299 g/mol. The molecule has 0 saturated heterocycles. The lowest BCUT2D eigenvalue weighted by molar-refractivity contribution is 0.0601. The Morgan fingerprint density at radius 1 is 1.40 bits per heavy atom. The highest BCUT2D eigenvalue weighted by molar-refractivity contribution is 5.93. The zero-order valence-electron chi connectivity index (χ0n) is 11.7. The quantitative estimate of drug-likeness (QED) is 0.859. The maximum absolute atomic E-state index is 11.9. The molecule has 0 amide bonds. The highest BCUT2D eigenvalue weighted by Crippen LogP contribution is 2.13. The molecule has 2 aromatic rings. The van der Waals surface area contributed by atoms with E-state index in [4.69, 9.17) is 0 Å². The number of likely N-dealkylation sites (N-methyl/N-ethyl adjacent to an activating group) is 1. The van der Waals surface area contributed by atoms with Crippen molar-refractivity contribution < 1.29 is 9.53 Å². The van der Waals surface area contributed by atoms with Gasteiger partial charge in [0, 0.05) is 13.1 Å². The van der Waals surface area contributed by atoms with Crippen LogP contribution in [0.1, 0.15) is 10.4 Å². The number of nitrogens with one attached hydrogen (secondary N) is 1. The normalized spacial score (nSPS) is 10.6. The Morgan fingerprint density at radius 2 is 2.10 bits per heavy atom. The van der Waals surface area contributed by atoms with E-state index in [2.05, 4.69) is 9.72 Å². The Morgan fingerprint density at radius 3 is 2.70 bits per heavy atom. The number of carbonyl (C=O) groups is 1. The lowest BCUT2D eigenvalue weighted by atomic mass is 10.2. The van der Waals surface area contributed by atoms with Gasteiger partial charge in [-0.05, 0) is 32.3 Å². The molecule has 0 aliphatic rings. The third-order valence-corrected chi connectivity index (χ3v) is 2.97. The molecular weight excluding hydrogens is 282 g/mol. The van der Waals surface area contributed by atoms with Crippen LogP contribution in [0.3, 0.4) is 0 Å². The summed E-state index contributed by atoms with van der Waals surface area (Å²) in [6, 6.07) is 5.05. The minimum Gasteiger partial charge on any atom is -0.465 e. The minimum atomic E-state index is -0.413. The van der Waals surface area contributed by atoms with Crippen LogP contribution in [0.25, 0.3) is 11.0 Å². The Labute approximate surface area is 122 Å². The number of H-pyrrole nitrogens is 1. The maximum Gasteiger partial charge on any atom is 0.337 e. The van der Waals surface area contributed by atoms with E-state index in [0.29, 0.717) is 17.6 Å². The van der Waals surface area contributed by atoms with Crippen molar-refractivity contribution in [3.63, 3.8) is 0 Å². The summed E-state index contributed by atoms with van der Waals surface area (Å²) in [5, 5.41) is 0. The molecule has 2 rings (SSSR count). The van der Waals surface area contributed by atoms with E-state index in [1.165, 1.54) is 7.11 Å². The number of halogens is 1. The smallest absolute Gasteiger partial charge is 0.337 e. The molecule has 0 saturated carbocycles. The third kappa shape index (κ3) is 3.20. The van der Waals surface area contributed by atoms with E-state index in [9.17, 15) is 9.59 Å². The van der Waals surface area contributed by atoms with Gasteiger partial charge in [-0.1, -0.05) is 0 Å². The van der Waals surface area contributed by atoms with Crippen LogP contribution < -0.4 is 5.69 Å². The largest absolute Gasteiger partial charge is 0.465 e. The summed E-state index contributed by atoms with van der Waals surface area (Å²) in [5.74, 6) is -0.413. The molecule has 0 unspecified atom stereocenters. The number of hydrogen-bond acceptors (Lipinski definition) is 4. The molecule has 0 aliphatic heterocycles. The summed E-state index contributed by atoms with van der Waals surface area (Å²) in [5.41, 5.74) is 1.70. The van der Waals surface area contributed by atoms with E-state index in [1.54, 1.807) is 22.8 Å². The molecule has 20 heavy (non-hydrogen) atoms. The third-order valence-electron chi connectivity index (χ3n) is 2.97. The average molecular weight is 300 g/mol. The number of ether oxygens (including phenoxy) is 1. The Balaban J connectivity index is 0.00000200. The van der Waals surface area contributed by atoms with Crippen LogP contribution in [0.5, 0.6) is 0 Å². The number of aromatic amines is 1. The Bertz CT molecular complexity index is 660. The number of esters is 1. The lowest BCUT2D eigenvalue weighted by Gasteiger charge is -2.09. The van der Waals surface area contributed by atoms with Crippen molar-refractivity contribution in [2.24, 2.45) is 0 Å². The number of rotatable bonds is 4. The summed E-state index contributed by atoms with van der Waals surface area (Å²) < 4.78 is 6.32. The van der Waals surface area contributed by atoms with Crippen molar-refractivity contribution in [2.45, 2.75) is 6.54 Å². The molecule has 0 bridgehead atoms. The van der Waals surface area contributed by atoms with Crippen molar-refractivity contribution in [1.29, 1.82) is 0 Å². The predicted octanol–water partition coefficient (Wildman–Crippen LogP) is 1.10. The maximum atomic E-state index is 11.9. The standard InChI is InChI=1S/C13H17N3O3.ClH/c1-15(2)6-7-16-11-5-4-9(12(17)19-3)8-10(11)14-13(16)18;/h4-5,8H,6-7H2,1-3H3,(H,14,18);1H. The lowest BCUT2D eigenvalue weighted by Crippen LogP contribution is -2.24. The molecule has 1 heterocycles. The van der Waals surface area contributed by atoms with Crippen LogP contribution in [-0.2, 0) is 11.3 Å². The van der Waals surface area contributed by atoms with Gasteiger partial charge in [-0.3, -0.25) is 4.57 Å². The van der Waals surface area contributed by atoms with Gasteiger partial charge in [0.25, 0.3) is 0 Å². The first-order valence-corrected chi connectivity index (χ1v) is 5.98. The number of nitrogens with zero attached hydrogens (tertiary/aromatic N) is 2. The number of fused-ring (bicyclic) bond motifs is 1. The summed E-state index contributed by atoms with van der Waals surface area (Å²) in [7, 11) is 5.24. The van der Waals surface area contributed by atoms with E-state index in [-0.39, 0.29) is 18.1 Å². The first-order valence-electron chi connectivity index (χ1n) is 5.98. The molecule has 0 radical (unpaired) electrons. The zero-order chi connectivity index (χ0) is 14.0. The Hall–Kier alpha value is -1.79. The van der Waals surface area contributed by atoms with E-state index >= 15 is 0 Å². The van der Waals surface area contributed by atoms with E-state index in [1.807, 2.05) is 19.0 Å². The van der Waals surface area contributed by atoms with Crippen LogP contribution in [-0.4, -0.2) is 48.2 Å². The molecule has 0 atom stereocenters. The van der Waals surface area contributed by atoms with Crippen LogP contribution in [0.4, 0.5) is 0 Å². The molecule has 1 aromatic carbocycles. The fourth-order valence-electron chi connectivity index (χ4n) is 1.93. The van der Waals surface area contributed by atoms with Crippen LogP contribution in [0.2, 0.25) is 0 Å². The zero-order valence-corrected chi connectivity index (χ0v) is 12.5. The van der Waals surface area contributed by atoms with Gasteiger partial charge in [-0.25, -0.2) is 9.59 Å². The molecule has 0 fully saturated rings. The number of carbonyl (C=O) groups excluding carboxylic acids is 1. The number of benzene rings is 1. The van der Waals surface area contributed by atoms with Crippen molar-refractivity contribution in [3.8, 4) is 0 Å². The van der Waals surface area contributed by atoms with Crippen molar-refractivity contribution in [2.75, 3.05) is 27.7 Å². The number of methoxy groups -OCH3 is 1. The fourth-order valence-corrected chi connectivity index (χ4v) is 1.93. The van der Waals surface area contributed by atoms with Gasteiger partial charge in [0.1, 0.15) is 0 Å². The first kappa shape index (κ1) is 16.3. The molecule has 1 aromatic heterocycles. The second kappa shape index (κ2) is 6.58. The summed E-state index contributed by atoms with van der Waals surface area (Å²) >= 11 is 0. The van der Waals surface area contributed by atoms with Crippen molar-refractivity contribution >= 4 is 29.4 Å². The SMILES string of the molecule is COC(=O)c1ccc2c(c1)[nH]c(=O)n2CCN(C)C.Cl. The second-order valence-electron chi connectivity index (χ2n) is 4.61. The van der Waals surface area contributed by atoms with Gasteiger partial charge in [-0.15, -0.1) is 12.4 Å². The molecule has 7 heteroatoms. The van der Waals surface area contributed by atoms with E-state index < -0.39 is 5.97 Å². The van der Waals surface area contributed by atoms with Crippen LogP contribution in [0.15, 0.2) is 23.0 Å². The molecular formula is C13H18ClN3O3. The summed E-state index contributed by atoms with van der Waals surface area (Å²) in [6.45, 7) is 1.37. The van der Waals surface area contributed by atoms with Gasteiger partial charge in [-0.2, -0.15) is 0 Å². The van der Waals surface area contributed by atoms with Gasteiger partial charge in [0.15, 0.2) is 0 Å². The van der Waals surface area contributed by atoms with E-state index in [0.717, 1.165) is 12.1 Å². The van der Waals surface area contributed by atoms with Gasteiger partial charge < -0.3 is 14.6 Å². The van der Waals surface area contributed by atoms with Crippen molar-refractivity contribution in [3.05, 3.63) is 34.2 Å². The number of imidazole rings is 1. The second-order valence-corrected chi connectivity index (χ2v) is 4.61. The fraction of sp³-hybridized carbons (Fsp3) is 0.385. The highest BCUT2D eigenvalue weighted by atomic mass is 35.5. The van der Waals surface area contributed by atoms with Gasteiger partial charge in [0.2, 0.25) is 0 Å². The number of aromatic nitrogens is 2. The number of hydrogen-bond donors (Lipinski definition) is 1. The minimum absolute atomic E-state index is 0. The average Bonchev–Trinajstić information content (AvgIpc) is 2.69. The molecule has 0 aliphatic carbocycles. The predicted molar refractivity (Wildman–Crippen MR) is 79.7 cm³/mol. The molecule has 6 nitrogen and oxygen atoms in total. The first-order chi connectivity index (χ1) is 9.02. The summed E-state index contributed by atoms with van der Waals surface area (Å²) in [6.07, 6.45) is 0. The van der Waals surface area contributed by atoms with Crippen LogP contribution in [0, 0.1) is 0 Å². The highest BCUT2D eigenvalue weighted by Gasteiger charge is 2.11. The molecule has 0 spiro atoms.